The van der Waals surface area contributed by atoms with E-state index in [-0.39, 0.29) is 12.5 Å². The number of nitrogens with zero attached hydrogens (tertiary/aromatic N) is 3. The fourth-order valence-corrected chi connectivity index (χ4v) is 3.00. The van der Waals surface area contributed by atoms with Crippen molar-refractivity contribution in [3.63, 3.8) is 0 Å². The van der Waals surface area contributed by atoms with Crippen LogP contribution in [0.1, 0.15) is 0 Å². The molecule has 1 aromatic carbocycles. The van der Waals surface area contributed by atoms with Crippen molar-refractivity contribution in [2.75, 3.05) is 11.9 Å². The minimum Gasteiger partial charge on any atom is -0.482 e. The molecule has 0 aliphatic carbocycles. The summed E-state index contributed by atoms with van der Waals surface area (Å²) in [6.07, 6.45) is 3.33. The number of carbonyl (C=O) groups is 1. The number of carbonyl (C=O) groups excluding carboxylic acids is 1. The highest BCUT2D eigenvalue weighted by Gasteiger charge is 2.11. The third-order valence-corrected chi connectivity index (χ3v) is 4.27. The molecule has 2 aromatic heterocycles. The first-order chi connectivity index (χ1) is 11.6. The summed E-state index contributed by atoms with van der Waals surface area (Å²) in [6, 6.07) is 8.41. The Kier molecular flexibility index (Phi) is 5.24. The average molecular weight is 381 g/mol. The van der Waals surface area contributed by atoms with Gasteiger partial charge in [-0.05, 0) is 30.3 Å². The van der Waals surface area contributed by atoms with Crippen LogP contribution >= 0.6 is 34.5 Å². The van der Waals surface area contributed by atoms with Gasteiger partial charge in [0.05, 0.1) is 5.02 Å². The Balaban J connectivity index is 1.58. The van der Waals surface area contributed by atoms with Crippen molar-refractivity contribution in [2.45, 2.75) is 0 Å². The van der Waals surface area contributed by atoms with E-state index in [9.17, 15) is 4.79 Å². The predicted molar refractivity (Wildman–Crippen MR) is 93.7 cm³/mol. The van der Waals surface area contributed by atoms with Crippen molar-refractivity contribution in [2.24, 2.45) is 0 Å². The highest BCUT2D eigenvalue weighted by molar-refractivity contribution is 7.18. The van der Waals surface area contributed by atoms with Gasteiger partial charge in [0.25, 0.3) is 5.91 Å². The Morgan fingerprint density at radius 3 is 2.71 bits per heavy atom. The Morgan fingerprint density at radius 2 is 1.96 bits per heavy atom. The summed E-state index contributed by atoms with van der Waals surface area (Å²) in [6.45, 7) is -0.203. The number of hydrogen-bond acceptors (Lipinski definition) is 6. The lowest BCUT2D eigenvalue weighted by Crippen LogP contribution is -2.20. The van der Waals surface area contributed by atoms with Crippen LogP contribution in [0.3, 0.4) is 0 Å². The Morgan fingerprint density at radius 1 is 1.17 bits per heavy atom. The molecule has 3 rings (SSSR count). The van der Waals surface area contributed by atoms with Gasteiger partial charge in [-0.1, -0.05) is 34.5 Å². The van der Waals surface area contributed by atoms with Crippen molar-refractivity contribution in [1.29, 1.82) is 0 Å². The zero-order chi connectivity index (χ0) is 16.9. The van der Waals surface area contributed by atoms with E-state index in [1.165, 1.54) is 11.3 Å². The number of aromatic nitrogens is 3. The molecule has 3 aromatic rings. The molecule has 2 heterocycles. The largest absolute Gasteiger partial charge is 0.482 e. The standard InChI is InChI=1S/C15H10Cl2N4O2S/c16-10-1-2-12(11(17)7-10)23-8-13(22)19-15-21-20-14(24-15)9-3-5-18-6-4-9/h1-7H,8H2,(H,19,21,22). The summed E-state index contributed by atoms with van der Waals surface area (Å²) in [5, 5.41) is 12.5. The van der Waals surface area contributed by atoms with Crippen molar-refractivity contribution >= 4 is 45.6 Å². The predicted octanol–water partition coefficient (Wildman–Crippen LogP) is 3.92. The summed E-state index contributed by atoms with van der Waals surface area (Å²) in [4.78, 5) is 15.9. The van der Waals surface area contributed by atoms with Crippen LogP contribution in [0.4, 0.5) is 5.13 Å². The molecule has 24 heavy (non-hydrogen) atoms. The monoisotopic (exact) mass is 380 g/mol. The van der Waals surface area contributed by atoms with E-state index in [0.717, 1.165) is 5.56 Å². The van der Waals surface area contributed by atoms with Gasteiger partial charge in [-0.15, -0.1) is 10.2 Å². The first-order valence-corrected chi connectivity index (χ1v) is 8.30. The van der Waals surface area contributed by atoms with Crippen LogP contribution in [0.15, 0.2) is 42.7 Å². The number of amides is 1. The van der Waals surface area contributed by atoms with Gasteiger partial charge >= 0.3 is 0 Å². The second kappa shape index (κ2) is 7.57. The molecule has 6 nitrogen and oxygen atoms in total. The molecule has 0 spiro atoms. The summed E-state index contributed by atoms with van der Waals surface area (Å²) < 4.78 is 5.36. The van der Waals surface area contributed by atoms with Crippen LogP contribution in [-0.4, -0.2) is 27.7 Å². The fraction of sp³-hybridized carbons (Fsp3) is 0.0667. The molecule has 0 aliphatic rings. The Labute approximate surface area is 151 Å². The highest BCUT2D eigenvalue weighted by atomic mass is 35.5. The van der Waals surface area contributed by atoms with Crippen LogP contribution in [0.25, 0.3) is 10.6 Å². The molecule has 0 fully saturated rings. The number of anilines is 1. The highest BCUT2D eigenvalue weighted by Crippen LogP contribution is 2.28. The van der Waals surface area contributed by atoms with E-state index in [1.807, 2.05) is 12.1 Å². The number of halogens is 2. The second-order valence-electron chi connectivity index (χ2n) is 4.56. The lowest BCUT2D eigenvalue weighted by atomic mass is 10.3. The molecular formula is C15H10Cl2N4O2S. The van der Waals surface area contributed by atoms with E-state index in [2.05, 4.69) is 20.5 Å². The molecule has 0 bridgehead atoms. The smallest absolute Gasteiger partial charge is 0.264 e. The van der Waals surface area contributed by atoms with Gasteiger partial charge in [-0.2, -0.15) is 0 Å². The second-order valence-corrected chi connectivity index (χ2v) is 6.38. The number of nitrogens with one attached hydrogen (secondary N) is 1. The van der Waals surface area contributed by atoms with Gasteiger partial charge in [-0.3, -0.25) is 15.1 Å². The molecule has 9 heteroatoms. The molecule has 0 aliphatic heterocycles. The van der Waals surface area contributed by atoms with Gasteiger partial charge in [0.2, 0.25) is 5.13 Å². The van der Waals surface area contributed by atoms with Crippen LogP contribution in [0, 0.1) is 0 Å². The number of pyridine rings is 1. The molecule has 0 radical (unpaired) electrons. The lowest BCUT2D eigenvalue weighted by molar-refractivity contribution is -0.118. The number of rotatable bonds is 5. The molecule has 0 saturated carbocycles. The van der Waals surface area contributed by atoms with Crippen LogP contribution in [0.2, 0.25) is 10.0 Å². The molecule has 1 amide bonds. The van der Waals surface area contributed by atoms with Gasteiger partial charge in [0.15, 0.2) is 6.61 Å². The van der Waals surface area contributed by atoms with E-state index in [0.29, 0.717) is 25.9 Å². The van der Waals surface area contributed by atoms with Crippen molar-refractivity contribution in [3.8, 4) is 16.3 Å². The first kappa shape index (κ1) is 16.6. The maximum atomic E-state index is 11.9. The van der Waals surface area contributed by atoms with Crippen molar-refractivity contribution in [1.82, 2.24) is 15.2 Å². The first-order valence-electron chi connectivity index (χ1n) is 6.73. The number of hydrogen-bond donors (Lipinski definition) is 1. The summed E-state index contributed by atoms with van der Waals surface area (Å²) in [5.74, 6) is 0.0180. The average Bonchev–Trinajstić information content (AvgIpc) is 3.03. The minimum atomic E-state index is -0.363. The summed E-state index contributed by atoms with van der Waals surface area (Å²) in [5.41, 5.74) is 0.882. The normalized spacial score (nSPS) is 10.4. The van der Waals surface area contributed by atoms with Gasteiger partial charge in [0, 0.05) is 23.0 Å². The van der Waals surface area contributed by atoms with E-state index < -0.39 is 0 Å². The molecule has 0 atom stereocenters. The maximum Gasteiger partial charge on any atom is 0.264 e. The van der Waals surface area contributed by atoms with Gasteiger partial charge in [-0.25, -0.2) is 0 Å². The van der Waals surface area contributed by atoms with Crippen LogP contribution in [0.5, 0.6) is 5.75 Å². The summed E-state index contributed by atoms with van der Waals surface area (Å²) >= 11 is 13.0. The minimum absolute atomic E-state index is 0.203. The SMILES string of the molecule is O=C(COc1ccc(Cl)cc1Cl)Nc1nnc(-c2ccncc2)s1. The molecule has 0 unspecified atom stereocenters. The number of benzene rings is 1. The van der Waals surface area contributed by atoms with E-state index in [1.54, 1.807) is 30.6 Å². The van der Waals surface area contributed by atoms with Crippen molar-refractivity contribution < 1.29 is 9.53 Å². The third kappa shape index (κ3) is 4.19. The lowest BCUT2D eigenvalue weighted by Gasteiger charge is -2.07. The Bertz CT molecular complexity index is 858. The zero-order valence-corrected chi connectivity index (χ0v) is 14.4. The van der Waals surface area contributed by atoms with E-state index >= 15 is 0 Å². The topological polar surface area (TPSA) is 77.0 Å². The zero-order valence-electron chi connectivity index (χ0n) is 12.1. The van der Waals surface area contributed by atoms with Crippen LogP contribution < -0.4 is 10.1 Å². The van der Waals surface area contributed by atoms with E-state index in [4.69, 9.17) is 27.9 Å². The van der Waals surface area contributed by atoms with Gasteiger partial charge < -0.3 is 4.74 Å². The molecule has 122 valence electrons. The van der Waals surface area contributed by atoms with Crippen LogP contribution in [-0.2, 0) is 4.79 Å². The quantitative estimate of drug-likeness (QED) is 0.725. The summed E-state index contributed by atoms with van der Waals surface area (Å²) in [7, 11) is 0. The fourth-order valence-electron chi connectivity index (χ4n) is 1.78. The van der Waals surface area contributed by atoms with Crippen molar-refractivity contribution in [3.05, 3.63) is 52.8 Å². The molecule has 1 N–H and O–H groups in total. The van der Waals surface area contributed by atoms with Gasteiger partial charge in [0.1, 0.15) is 10.8 Å². The molecule has 0 saturated heterocycles. The third-order valence-electron chi connectivity index (χ3n) is 2.85. The number of ether oxygens (including phenoxy) is 1. The molecular weight excluding hydrogens is 371 g/mol. The maximum absolute atomic E-state index is 11.9. The Hall–Kier alpha value is -2.22.